The first kappa shape index (κ1) is 21.7. The lowest BCUT2D eigenvalue weighted by molar-refractivity contribution is -0.143. The molecule has 0 aliphatic carbocycles. The second-order valence-electron chi connectivity index (χ2n) is 6.01. The Kier molecular flexibility index (Phi) is 14.7. The van der Waals surface area contributed by atoms with Gasteiger partial charge in [-0.25, -0.2) is 9.59 Å². The monoisotopic (exact) mass is 326 g/mol. The molecule has 4 nitrogen and oxygen atoms in total. The lowest BCUT2D eigenvalue weighted by Gasteiger charge is -2.10. The molecule has 4 heteroatoms. The fourth-order valence-electron chi connectivity index (χ4n) is 2.20. The van der Waals surface area contributed by atoms with Gasteiger partial charge in [0.15, 0.2) is 0 Å². The predicted octanol–water partition coefficient (Wildman–Crippen LogP) is 4.96. The number of carbonyl (C=O) groups excluding carboxylic acids is 2. The second-order valence-corrected chi connectivity index (χ2v) is 6.01. The Morgan fingerprint density at radius 3 is 2.04 bits per heavy atom. The summed E-state index contributed by atoms with van der Waals surface area (Å²) in [6.45, 7) is 6.57. The summed E-state index contributed by atoms with van der Waals surface area (Å²) in [5, 5.41) is 0. The van der Waals surface area contributed by atoms with Crippen LogP contribution in [0.4, 0.5) is 0 Å². The standard InChI is InChI=1S/C19H34O4/c1-4-6-8-9-10-11-12-16-22-18(20)14-15-19(21)23-17(3)13-7-5-2/h14-15,17H,4-13,16H2,1-3H3/b15-14+. The van der Waals surface area contributed by atoms with E-state index < -0.39 is 11.9 Å². The molecule has 1 unspecified atom stereocenters. The highest BCUT2D eigenvalue weighted by molar-refractivity contribution is 5.91. The van der Waals surface area contributed by atoms with Crippen LogP contribution in [0.5, 0.6) is 0 Å². The van der Waals surface area contributed by atoms with Crippen LogP contribution in [-0.4, -0.2) is 24.6 Å². The molecule has 0 aliphatic heterocycles. The molecule has 0 radical (unpaired) electrons. The smallest absolute Gasteiger partial charge is 0.331 e. The molecule has 134 valence electrons. The summed E-state index contributed by atoms with van der Waals surface area (Å²) >= 11 is 0. The van der Waals surface area contributed by atoms with Gasteiger partial charge in [-0.1, -0.05) is 65.2 Å². The first-order valence-corrected chi connectivity index (χ1v) is 9.15. The van der Waals surface area contributed by atoms with E-state index in [-0.39, 0.29) is 6.10 Å². The maximum atomic E-state index is 11.5. The maximum absolute atomic E-state index is 11.5. The molecule has 0 heterocycles. The summed E-state index contributed by atoms with van der Waals surface area (Å²) < 4.78 is 10.2. The highest BCUT2D eigenvalue weighted by atomic mass is 16.5. The van der Waals surface area contributed by atoms with Gasteiger partial charge >= 0.3 is 11.9 Å². The normalized spacial score (nSPS) is 12.3. The molecule has 0 amide bonds. The first-order chi connectivity index (χ1) is 11.1. The lowest BCUT2D eigenvalue weighted by atomic mass is 10.1. The Morgan fingerprint density at radius 2 is 1.39 bits per heavy atom. The van der Waals surface area contributed by atoms with Crippen molar-refractivity contribution in [2.75, 3.05) is 6.61 Å². The molecule has 0 saturated carbocycles. The van der Waals surface area contributed by atoms with Gasteiger partial charge in [0.2, 0.25) is 0 Å². The van der Waals surface area contributed by atoms with Gasteiger partial charge < -0.3 is 9.47 Å². The molecule has 0 aromatic rings. The van der Waals surface area contributed by atoms with Crippen LogP contribution in [0.3, 0.4) is 0 Å². The summed E-state index contributed by atoms with van der Waals surface area (Å²) in [5.74, 6) is -0.962. The van der Waals surface area contributed by atoms with Gasteiger partial charge in [-0.3, -0.25) is 0 Å². The number of rotatable bonds is 14. The molecular formula is C19H34O4. The van der Waals surface area contributed by atoms with Gasteiger partial charge in [-0.15, -0.1) is 0 Å². The van der Waals surface area contributed by atoms with Crippen molar-refractivity contribution in [1.82, 2.24) is 0 Å². The van der Waals surface area contributed by atoms with E-state index >= 15 is 0 Å². The average molecular weight is 326 g/mol. The maximum Gasteiger partial charge on any atom is 0.331 e. The van der Waals surface area contributed by atoms with Crippen LogP contribution < -0.4 is 0 Å². The van der Waals surface area contributed by atoms with E-state index in [4.69, 9.17) is 9.47 Å². The largest absolute Gasteiger partial charge is 0.463 e. The molecule has 0 rings (SSSR count). The number of unbranched alkanes of at least 4 members (excludes halogenated alkanes) is 7. The minimum atomic E-state index is -0.485. The van der Waals surface area contributed by atoms with Crippen molar-refractivity contribution in [2.45, 2.75) is 91.1 Å². The van der Waals surface area contributed by atoms with Crippen LogP contribution in [0.25, 0.3) is 0 Å². The fraction of sp³-hybridized carbons (Fsp3) is 0.789. The summed E-state index contributed by atoms with van der Waals surface area (Å²) in [7, 11) is 0. The molecule has 0 aromatic carbocycles. The molecule has 0 saturated heterocycles. The van der Waals surface area contributed by atoms with Crippen molar-refractivity contribution in [3.05, 3.63) is 12.2 Å². The van der Waals surface area contributed by atoms with Crippen molar-refractivity contribution in [3.63, 3.8) is 0 Å². The van der Waals surface area contributed by atoms with Crippen molar-refractivity contribution in [1.29, 1.82) is 0 Å². The first-order valence-electron chi connectivity index (χ1n) is 9.15. The molecule has 0 fully saturated rings. The van der Waals surface area contributed by atoms with E-state index in [9.17, 15) is 9.59 Å². The van der Waals surface area contributed by atoms with Crippen LogP contribution in [0, 0.1) is 0 Å². The number of carbonyl (C=O) groups is 2. The average Bonchev–Trinajstić information content (AvgIpc) is 2.53. The van der Waals surface area contributed by atoms with E-state index in [0.717, 1.165) is 44.3 Å². The van der Waals surface area contributed by atoms with Gasteiger partial charge in [-0.05, 0) is 19.8 Å². The van der Waals surface area contributed by atoms with Crippen LogP contribution >= 0.6 is 0 Å². The van der Waals surface area contributed by atoms with E-state index in [2.05, 4.69) is 13.8 Å². The molecule has 1 atom stereocenters. The second kappa shape index (κ2) is 15.6. The van der Waals surface area contributed by atoms with Crippen molar-refractivity contribution in [2.24, 2.45) is 0 Å². The summed E-state index contributed by atoms with van der Waals surface area (Å²) in [6.07, 6.45) is 13.4. The van der Waals surface area contributed by atoms with Crippen molar-refractivity contribution >= 4 is 11.9 Å². The minimum Gasteiger partial charge on any atom is -0.463 e. The number of esters is 2. The lowest BCUT2D eigenvalue weighted by Crippen LogP contribution is -2.13. The molecule has 0 N–H and O–H groups in total. The predicted molar refractivity (Wildman–Crippen MR) is 93.2 cm³/mol. The van der Waals surface area contributed by atoms with E-state index in [1.807, 2.05) is 6.92 Å². The highest BCUT2D eigenvalue weighted by Crippen LogP contribution is 2.07. The van der Waals surface area contributed by atoms with Crippen molar-refractivity contribution < 1.29 is 19.1 Å². The Labute approximate surface area is 141 Å². The summed E-state index contributed by atoms with van der Waals surface area (Å²) in [4.78, 5) is 23.0. The summed E-state index contributed by atoms with van der Waals surface area (Å²) in [6, 6.07) is 0. The highest BCUT2D eigenvalue weighted by Gasteiger charge is 2.07. The number of hydrogen-bond donors (Lipinski definition) is 0. The Hall–Kier alpha value is -1.32. The topological polar surface area (TPSA) is 52.6 Å². The third-order valence-corrected chi connectivity index (χ3v) is 3.63. The van der Waals surface area contributed by atoms with Gasteiger partial charge in [0.25, 0.3) is 0 Å². The van der Waals surface area contributed by atoms with Crippen LogP contribution in [-0.2, 0) is 19.1 Å². The Bertz CT molecular complexity index is 336. The van der Waals surface area contributed by atoms with Gasteiger partial charge in [0.05, 0.1) is 12.7 Å². The fourth-order valence-corrected chi connectivity index (χ4v) is 2.20. The zero-order chi connectivity index (χ0) is 17.3. The van der Waals surface area contributed by atoms with E-state index in [0.29, 0.717) is 6.61 Å². The molecule has 0 aromatic heterocycles. The SMILES string of the molecule is CCCCCCCCCOC(=O)/C=C/C(=O)OC(C)CCCC. The third-order valence-electron chi connectivity index (χ3n) is 3.63. The third kappa shape index (κ3) is 15.4. The zero-order valence-corrected chi connectivity index (χ0v) is 15.1. The molecule has 0 bridgehead atoms. The van der Waals surface area contributed by atoms with Crippen molar-refractivity contribution in [3.8, 4) is 0 Å². The van der Waals surface area contributed by atoms with Crippen LogP contribution in [0.1, 0.15) is 85.0 Å². The van der Waals surface area contributed by atoms with Gasteiger partial charge in [0.1, 0.15) is 0 Å². The number of hydrogen-bond acceptors (Lipinski definition) is 4. The molecule has 0 aliphatic rings. The number of ether oxygens (including phenoxy) is 2. The molecule has 23 heavy (non-hydrogen) atoms. The zero-order valence-electron chi connectivity index (χ0n) is 15.1. The summed E-state index contributed by atoms with van der Waals surface area (Å²) in [5.41, 5.74) is 0. The van der Waals surface area contributed by atoms with Gasteiger partial charge in [-0.2, -0.15) is 0 Å². The van der Waals surface area contributed by atoms with Gasteiger partial charge in [0, 0.05) is 12.2 Å². The quantitative estimate of drug-likeness (QED) is 0.257. The van der Waals surface area contributed by atoms with E-state index in [1.54, 1.807) is 0 Å². The molecular weight excluding hydrogens is 292 g/mol. The Morgan fingerprint density at radius 1 is 0.826 bits per heavy atom. The Balaban J connectivity index is 3.62. The van der Waals surface area contributed by atoms with Crippen LogP contribution in [0.15, 0.2) is 12.2 Å². The molecule has 0 spiro atoms. The van der Waals surface area contributed by atoms with Crippen LogP contribution in [0.2, 0.25) is 0 Å². The minimum absolute atomic E-state index is 0.115. The van der Waals surface area contributed by atoms with E-state index in [1.165, 1.54) is 32.1 Å².